The number of piperazine rings is 1. The van der Waals surface area contributed by atoms with Crippen molar-refractivity contribution >= 4 is 0 Å². The summed E-state index contributed by atoms with van der Waals surface area (Å²) in [5.41, 5.74) is 0. The van der Waals surface area contributed by atoms with Crippen LogP contribution >= 0.6 is 0 Å². The maximum Gasteiger partial charge on any atom is 0.0257 e. The average molecular weight is 225 g/mol. The lowest BCUT2D eigenvalue weighted by atomic mass is 9.86. The first kappa shape index (κ1) is 12.3. The van der Waals surface area contributed by atoms with Crippen LogP contribution < -0.4 is 5.84 Å². The van der Waals surface area contributed by atoms with Crippen molar-refractivity contribution in [3.05, 3.63) is 0 Å². The van der Waals surface area contributed by atoms with E-state index in [9.17, 15) is 0 Å². The Hall–Kier alpha value is -0.120. The van der Waals surface area contributed by atoms with Crippen molar-refractivity contribution in [3.8, 4) is 0 Å². The molecule has 0 bridgehead atoms. The van der Waals surface area contributed by atoms with E-state index in [1.54, 1.807) is 0 Å². The van der Waals surface area contributed by atoms with Gasteiger partial charge >= 0.3 is 0 Å². The van der Waals surface area contributed by atoms with Crippen LogP contribution in [0, 0.1) is 5.92 Å². The molecule has 94 valence electrons. The lowest BCUT2D eigenvalue weighted by Crippen LogP contribution is -2.49. The Bertz CT molecular complexity index is 182. The average Bonchev–Trinajstić information content (AvgIpc) is 2.33. The fourth-order valence-electron chi connectivity index (χ4n) is 3.07. The van der Waals surface area contributed by atoms with Gasteiger partial charge in [-0.25, -0.2) is 5.01 Å². The smallest absolute Gasteiger partial charge is 0.0257 e. The minimum Gasteiger partial charge on any atom is -0.301 e. The monoisotopic (exact) mass is 225 g/mol. The molecule has 0 aromatic carbocycles. The number of hydrogen-bond donors (Lipinski definition) is 1. The molecule has 0 spiro atoms. The van der Waals surface area contributed by atoms with E-state index >= 15 is 0 Å². The molecule has 1 heterocycles. The van der Waals surface area contributed by atoms with Gasteiger partial charge in [-0.3, -0.25) is 5.84 Å². The van der Waals surface area contributed by atoms with Crippen LogP contribution in [0.1, 0.15) is 44.9 Å². The zero-order valence-corrected chi connectivity index (χ0v) is 10.5. The van der Waals surface area contributed by atoms with Gasteiger partial charge in [0.2, 0.25) is 0 Å². The van der Waals surface area contributed by atoms with Gasteiger partial charge in [-0.1, -0.05) is 32.1 Å². The molecule has 0 amide bonds. The quantitative estimate of drug-likeness (QED) is 0.741. The van der Waals surface area contributed by atoms with Crippen molar-refractivity contribution in [2.24, 2.45) is 11.8 Å². The van der Waals surface area contributed by atoms with Gasteiger partial charge in [0.05, 0.1) is 0 Å². The standard InChI is InChI=1S/C13H27N3/c14-16-11-9-15(10-12-16)8-4-7-13-5-2-1-3-6-13/h13H,1-12,14H2. The van der Waals surface area contributed by atoms with Crippen LogP contribution in [0.25, 0.3) is 0 Å². The van der Waals surface area contributed by atoms with E-state index in [4.69, 9.17) is 5.84 Å². The maximum absolute atomic E-state index is 5.75. The van der Waals surface area contributed by atoms with Crippen molar-refractivity contribution in [2.75, 3.05) is 32.7 Å². The van der Waals surface area contributed by atoms with Crippen molar-refractivity contribution in [2.45, 2.75) is 44.9 Å². The number of nitrogens with two attached hydrogens (primary N) is 1. The van der Waals surface area contributed by atoms with Crippen LogP contribution in [-0.4, -0.2) is 42.6 Å². The lowest BCUT2D eigenvalue weighted by molar-refractivity contribution is 0.129. The highest BCUT2D eigenvalue weighted by molar-refractivity contribution is 4.70. The van der Waals surface area contributed by atoms with E-state index in [0.29, 0.717) is 0 Å². The molecule has 0 aromatic heterocycles. The molecule has 2 rings (SSSR count). The van der Waals surface area contributed by atoms with E-state index in [2.05, 4.69) is 4.90 Å². The molecular formula is C13H27N3. The fraction of sp³-hybridized carbons (Fsp3) is 1.00. The number of hydrazine groups is 1. The van der Waals surface area contributed by atoms with Crippen LogP contribution in [0.3, 0.4) is 0 Å². The van der Waals surface area contributed by atoms with Crippen molar-refractivity contribution in [3.63, 3.8) is 0 Å². The third kappa shape index (κ3) is 4.04. The molecule has 3 nitrogen and oxygen atoms in total. The number of nitrogens with zero attached hydrogens (tertiary/aromatic N) is 2. The molecule has 2 fully saturated rings. The molecule has 1 saturated heterocycles. The Morgan fingerprint density at radius 2 is 1.62 bits per heavy atom. The molecule has 0 atom stereocenters. The Kier molecular flexibility index (Phi) is 5.07. The first-order valence-electron chi connectivity index (χ1n) is 7.06. The van der Waals surface area contributed by atoms with Gasteiger partial charge in [0, 0.05) is 26.2 Å². The van der Waals surface area contributed by atoms with Crippen molar-refractivity contribution in [1.29, 1.82) is 0 Å². The number of rotatable bonds is 4. The third-order valence-electron chi connectivity index (χ3n) is 4.22. The van der Waals surface area contributed by atoms with Crippen LogP contribution in [-0.2, 0) is 0 Å². The molecule has 0 unspecified atom stereocenters. The molecule has 1 saturated carbocycles. The second-order valence-electron chi connectivity index (χ2n) is 5.52. The van der Waals surface area contributed by atoms with E-state index in [1.165, 1.54) is 64.6 Å². The zero-order chi connectivity index (χ0) is 11.2. The first-order valence-corrected chi connectivity index (χ1v) is 7.06. The summed E-state index contributed by atoms with van der Waals surface area (Å²) in [6.07, 6.45) is 10.3. The Balaban J connectivity index is 1.53. The van der Waals surface area contributed by atoms with E-state index in [1.807, 2.05) is 5.01 Å². The summed E-state index contributed by atoms with van der Waals surface area (Å²) in [6.45, 7) is 5.72. The molecular weight excluding hydrogens is 198 g/mol. The highest BCUT2D eigenvalue weighted by Gasteiger charge is 2.16. The van der Waals surface area contributed by atoms with Crippen LogP contribution in [0.2, 0.25) is 0 Å². The molecule has 0 radical (unpaired) electrons. The van der Waals surface area contributed by atoms with Gasteiger partial charge < -0.3 is 4.90 Å². The van der Waals surface area contributed by atoms with Gasteiger partial charge in [-0.15, -0.1) is 0 Å². The molecule has 16 heavy (non-hydrogen) atoms. The van der Waals surface area contributed by atoms with Crippen LogP contribution in [0.5, 0.6) is 0 Å². The largest absolute Gasteiger partial charge is 0.301 e. The highest BCUT2D eigenvalue weighted by atomic mass is 15.4. The predicted molar refractivity (Wildman–Crippen MR) is 68.0 cm³/mol. The Morgan fingerprint density at radius 1 is 0.938 bits per heavy atom. The predicted octanol–water partition coefficient (Wildman–Crippen LogP) is 1.84. The summed E-state index contributed by atoms with van der Waals surface area (Å²) in [7, 11) is 0. The highest BCUT2D eigenvalue weighted by Crippen LogP contribution is 2.27. The van der Waals surface area contributed by atoms with Gasteiger partial charge in [0.1, 0.15) is 0 Å². The summed E-state index contributed by atoms with van der Waals surface area (Å²) in [5.74, 6) is 6.80. The second-order valence-corrected chi connectivity index (χ2v) is 5.52. The van der Waals surface area contributed by atoms with Crippen LogP contribution in [0.15, 0.2) is 0 Å². The Morgan fingerprint density at radius 3 is 2.31 bits per heavy atom. The zero-order valence-electron chi connectivity index (χ0n) is 10.5. The van der Waals surface area contributed by atoms with Gasteiger partial charge in [0.15, 0.2) is 0 Å². The summed E-state index contributed by atoms with van der Waals surface area (Å²) >= 11 is 0. The van der Waals surface area contributed by atoms with Crippen molar-refractivity contribution < 1.29 is 0 Å². The maximum atomic E-state index is 5.75. The summed E-state index contributed by atoms with van der Waals surface area (Å²) in [5, 5.41) is 1.94. The summed E-state index contributed by atoms with van der Waals surface area (Å²) in [6, 6.07) is 0. The second kappa shape index (κ2) is 6.58. The normalized spacial score (nSPS) is 26.1. The molecule has 3 heteroatoms. The fourth-order valence-corrected chi connectivity index (χ4v) is 3.07. The topological polar surface area (TPSA) is 32.5 Å². The molecule has 1 aliphatic carbocycles. The lowest BCUT2D eigenvalue weighted by Gasteiger charge is -2.32. The molecule has 2 aliphatic rings. The minimum absolute atomic E-state index is 1.05. The molecule has 2 N–H and O–H groups in total. The Labute approximate surface area is 99.9 Å². The van der Waals surface area contributed by atoms with Gasteiger partial charge in [0.25, 0.3) is 0 Å². The van der Waals surface area contributed by atoms with Crippen LogP contribution in [0.4, 0.5) is 0 Å². The first-order chi connectivity index (χ1) is 7.84. The number of hydrogen-bond acceptors (Lipinski definition) is 3. The van der Waals surface area contributed by atoms with Crippen molar-refractivity contribution in [1.82, 2.24) is 9.91 Å². The summed E-state index contributed by atoms with van der Waals surface area (Å²) in [4.78, 5) is 2.58. The minimum atomic E-state index is 1.05. The SMILES string of the molecule is NN1CCN(CCCC2CCCCC2)CC1. The van der Waals surface area contributed by atoms with E-state index in [-0.39, 0.29) is 0 Å². The molecule has 0 aromatic rings. The van der Waals surface area contributed by atoms with Gasteiger partial charge in [-0.05, 0) is 25.3 Å². The molecule has 1 aliphatic heterocycles. The van der Waals surface area contributed by atoms with E-state index in [0.717, 1.165) is 19.0 Å². The van der Waals surface area contributed by atoms with E-state index < -0.39 is 0 Å². The summed E-state index contributed by atoms with van der Waals surface area (Å²) < 4.78 is 0. The third-order valence-corrected chi connectivity index (χ3v) is 4.22. The van der Waals surface area contributed by atoms with Gasteiger partial charge in [-0.2, -0.15) is 0 Å².